The number of amides is 1. The Hall–Kier alpha value is -1.46. The van der Waals surface area contributed by atoms with E-state index in [0.717, 1.165) is 42.8 Å². The second kappa shape index (κ2) is 19.6. The number of likely N-dealkylation sites (N-methyl/N-ethyl adjacent to an activating group) is 1. The Labute approximate surface area is 234 Å². The van der Waals surface area contributed by atoms with E-state index in [1.165, 1.54) is 83.5 Å². The Balaban J connectivity index is 0.00000684. The van der Waals surface area contributed by atoms with Crippen LogP contribution in [-0.4, -0.2) is 51.7 Å². The van der Waals surface area contributed by atoms with E-state index in [-0.39, 0.29) is 18.3 Å². The number of rotatable bonds is 19. The number of carbonyl (C=O) groups is 1. The van der Waals surface area contributed by atoms with Crippen LogP contribution in [0, 0.1) is 0 Å². The molecule has 0 fully saturated rings. The molecule has 0 aliphatic carbocycles. The number of nitrogens with zero attached hydrogens (tertiary/aromatic N) is 2. The first-order chi connectivity index (χ1) is 17.5. The molecule has 2 rings (SSSR count). The zero-order valence-corrected chi connectivity index (χ0v) is 25.3. The number of hydrogen-bond acceptors (Lipinski definition) is 4. The Morgan fingerprint density at radius 1 is 0.811 bits per heavy atom. The second-order valence-corrected chi connectivity index (χ2v) is 10.9. The number of ether oxygens (including phenoxy) is 2. The van der Waals surface area contributed by atoms with Gasteiger partial charge in [-0.05, 0) is 38.6 Å². The van der Waals surface area contributed by atoms with Crippen molar-refractivity contribution in [2.24, 2.45) is 0 Å². The second-order valence-electron chi connectivity index (χ2n) is 10.9. The first kappa shape index (κ1) is 33.6. The minimum absolute atomic E-state index is 0. The van der Waals surface area contributed by atoms with Crippen LogP contribution in [0.4, 0.5) is 5.69 Å². The highest BCUT2D eigenvalue weighted by molar-refractivity contribution is 5.95. The summed E-state index contributed by atoms with van der Waals surface area (Å²) >= 11 is 0. The Morgan fingerprint density at radius 2 is 1.27 bits per heavy atom. The lowest BCUT2D eigenvalue weighted by Gasteiger charge is -2.38. The number of anilines is 1. The third-order valence-corrected chi connectivity index (χ3v) is 7.75. The lowest BCUT2D eigenvalue weighted by Crippen LogP contribution is -2.48. The molecule has 0 saturated heterocycles. The number of methoxy groups -OCH3 is 2. The fourth-order valence-corrected chi connectivity index (χ4v) is 5.32. The molecule has 0 spiro atoms. The van der Waals surface area contributed by atoms with E-state index in [4.69, 9.17) is 9.47 Å². The van der Waals surface area contributed by atoms with Gasteiger partial charge < -0.3 is 19.3 Å². The average molecular weight is 539 g/mol. The molecule has 5 nitrogen and oxygen atoms in total. The first-order valence-corrected chi connectivity index (χ1v) is 14.7. The summed E-state index contributed by atoms with van der Waals surface area (Å²) in [4.78, 5) is 17.4. The topological polar surface area (TPSA) is 42.0 Å². The van der Waals surface area contributed by atoms with Crippen LogP contribution >= 0.6 is 12.4 Å². The summed E-state index contributed by atoms with van der Waals surface area (Å²) in [6.45, 7) is 3.01. The summed E-state index contributed by atoms with van der Waals surface area (Å²) in [6, 6.07) is 4.32. The summed E-state index contributed by atoms with van der Waals surface area (Å²) in [6.07, 6.45) is 21.6. The van der Waals surface area contributed by atoms with E-state index in [2.05, 4.69) is 25.9 Å². The number of halogens is 1. The van der Waals surface area contributed by atoms with E-state index in [0.29, 0.717) is 18.2 Å². The summed E-state index contributed by atoms with van der Waals surface area (Å²) in [5, 5.41) is 0. The van der Waals surface area contributed by atoms with Gasteiger partial charge in [0.05, 0.1) is 19.9 Å². The molecule has 1 heterocycles. The Kier molecular flexibility index (Phi) is 17.8. The Morgan fingerprint density at radius 3 is 1.73 bits per heavy atom. The highest BCUT2D eigenvalue weighted by Gasteiger charge is 2.30. The average Bonchev–Trinajstić information content (AvgIpc) is 2.89. The van der Waals surface area contributed by atoms with E-state index in [1.807, 2.05) is 17.0 Å². The summed E-state index contributed by atoms with van der Waals surface area (Å²) in [5.41, 5.74) is 2.14. The van der Waals surface area contributed by atoms with Gasteiger partial charge >= 0.3 is 0 Å². The molecule has 1 aromatic carbocycles. The van der Waals surface area contributed by atoms with Gasteiger partial charge in [-0.3, -0.25) is 4.79 Å². The van der Waals surface area contributed by atoms with Gasteiger partial charge in [-0.15, -0.1) is 12.4 Å². The fraction of sp³-hybridized carbons (Fsp3) is 0.774. The SMILES string of the molecule is CCCCCCCCCCCCCCCCCC(=O)N1CC(N(C)C)Cc2cc(OC)c(OC)cc21.Cl. The van der Waals surface area contributed by atoms with Crippen molar-refractivity contribution in [3.63, 3.8) is 0 Å². The zero-order valence-electron chi connectivity index (χ0n) is 24.5. The van der Waals surface area contributed by atoms with Crippen LogP contribution in [0.1, 0.15) is 115 Å². The Bertz CT molecular complexity index is 756. The van der Waals surface area contributed by atoms with Gasteiger partial charge in [0.25, 0.3) is 0 Å². The largest absolute Gasteiger partial charge is 0.493 e. The number of unbranched alkanes of at least 4 members (excludes halogenated alkanes) is 14. The van der Waals surface area contributed by atoms with Gasteiger partial charge in [0.2, 0.25) is 5.91 Å². The van der Waals surface area contributed by atoms with Crippen molar-refractivity contribution in [3.05, 3.63) is 17.7 Å². The molecule has 6 heteroatoms. The third kappa shape index (κ3) is 11.9. The molecule has 1 aromatic rings. The highest BCUT2D eigenvalue weighted by Crippen LogP contribution is 2.39. The summed E-state index contributed by atoms with van der Waals surface area (Å²) in [7, 11) is 7.49. The highest BCUT2D eigenvalue weighted by atomic mass is 35.5. The normalized spacial score (nSPS) is 14.9. The number of fused-ring (bicyclic) bond motifs is 1. The molecule has 0 saturated carbocycles. The van der Waals surface area contributed by atoms with Crippen LogP contribution in [0.2, 0.25) is 0 Å². The maximum atomic E-state index is 13.3. The van der Waals surface area contributed by atoms with E-state index >= 15 is 0 Å². The summed E-state index contributed by atoms with van der Waals surface area (Å²) < 4.78 is 11.0. The molecular weight excluding hydrogens is 484 g/mol. The van der Waals surface area contributed by atoms with Gasteiger partial charge in [0, 0.05) is 25.1 Å². The third-order valence-electron chi connectivity index (χ3n) is 7.75. The molecule has 214 valence electrons. The van der Waals surface area contributed by atoms with Gasteiger partial charge in [0.15, 0.2) is 11.5 Å². The summed E-state index contributed by atoms with van der Waals surface area (Å²) in [5.74, 6) is 1.64. The molecule has 0 N–H and O–H groups in total. The van der Waals surface area contributed by atoms with Crippen LogP contribution in [0.5, 0.6) is 11.5 Å². The van der Waals surface area contributed by atoms with Crippen LogP contribution in [0.25, 0.3) is 0 Å². The quantitative estimate of drug-likeness (QED) is 0.166. The van der Waals surface area contributed by atoms with E-state index < -0.39 is 0 Å². The molecule has 1 atom stereocenters. The van der Waals surface area contributed by atoms with E-state index in [9.17, 15) is 4.79 Å². The molecular formula is C31H55ClN2O3. The number of hydrogen-bond donors (Lipinski definition) is 0. The van der Waals surface area contributed by atoms with Crippen LogP contribution in [-0.2, 0) is 11.2 Å². The lowest BCUT2D eigenvalue weighted by molar-refractivity contribution is -0.119. The van der Waals surface area contributed by atoms with E-state index in [1.54, 1.807) is 14.2 Å². The minimum Gasteiger partial charge on any atom is -0.493 e. The van der Waals surface area contributed by atoms with Crippen molar-refractivity contribution in [2.45, 2.75) is 122 Å². The maximum absolute atomic E-state index is 13.3. The lowest BCUT2D eigenvalue weighted by atomic mass is 9.95. The van der Waals surface area contributed by atoms with Crippen molar-refractivity contribution in [1.82, 2.24) is 4.90 Å². The van der Waals surface area contributed by atoms with Crippen molar-refractivity contribution >= 4 is 24.0 Å². The molecule has 1 aliphatic rings. The molecule has 0 bridgehead atoms. The number of carbonyl (C=O) groups excluding carboxylic acids is 1. The standard InChI is InChI=1S/C31H54N2O3.ClH/c1-6-7-8-9-10-11-12-13-14-15-16-17-18-19-20-21-31(34)33-25-27(32(2)3)22-26-23-29(35-4)30(36-5)24-28(26)33;/h23-24,27H,6-22,25H2,1-5H3;1H. The molecule has 37 heavy (non-hydrogen) atoms. The smallest absolute Gasteiger partial charge is 0.227 e. The molecule has 0 radical (unpaired) electrons. The number of benzene rings is 1. The maximum Gasteiger partial charge on any atom is 0.227 e. The molecule has 0 aromatic heterocycles. The van der Waals surface area contributed by atoms with Gasteiger partial charge in [-0.1, -0.05) is 96.8 Å². The fourth-order valence-electron chi connectivity index (χ4n) is 5.32. The minimum atomic E-state index is 0. The van der Waals surface area contributed by atoms with Crippen molar-refractivity contribution in [1.29, 1.82) is 0 Å². The predicted molar refractivity (Wildman–Crippen MR) is 160 cm³/mol. The van der Waals surface area contributed by atoms with Crippen LogP contribution in [0.3, 0.4) is 0 Å². The van der Waals surface area contributed by atoms with Crippen molar-refractivity contribution in [2.75, 3.05) is 39.8 Å². The van der Waals surface area contributed by atoms with Gasteiger partial charge in [-0.25, -0.2) is 0 Å². The van der Waals surface area contributed by atoms with Crippen LogP contribution in [0.15, 0.2) is 12.1 Å². The van der Waals surface area contributed by atoms with Gasteiger partial charge in [-0.2, -0.15) is 0 Å². The zero-order chi connectivity index (χ0) is 26.2. The van der Waals surface area contributed by atoms with Crippen molar-refractivity contribution < 1.29 is 14.3 Å². The molecule has 1 unspecified atom stereocenters. The molecule has 1 amide bonds. The van der Waals surface area contributed by atoms with Gasteiger partial charge in [0.1, 0.15) is 0 Å². The van der Waals surface area contributed by atoms with Crippen LogP contribution < -0.4 is 14.4 Å². The molecule has 1 aliphatic heterocycles. The predicted octanol–water partition coefficient (Wildman–Crippen LogP) is 8.21. The first-order valence-electron chi connectivity index (χ1n) is 14.7. The van der Waals surface area contributed by atoms with Crippen molar-refractivity contribution in [3.8, 4) is 11.5 Å². The monoisotopic (exact) mass is 538 g/mol.